The summed E-state index contributed by atoms with van der Waals surface area (Å²) < 4.78 is 22.9. The lowest BCUT2D eigenvalue weighted by Gasteiger charge is -2.22. The van der Waals surface area contributed by atoms with Crippen molar-refractivity contribution in [2.75, 3.05) is 11.6 Å². The third-order valence-corrected chi connectivity index (χ3v) is 4.57. The topological polar surface area (TPSA) is 75.3 Å². The molecule has 2 N–H and O–H groups in total. The number of carbonyl (C=O) groups excluding carboxylic acids is 1. The van der Waals surface area contributed by atoms with Crippen molar-refractivity contribution in [3.05, 3.63) is 24.3 Å². The lowest BCUT2D eigenvalue weighted by Crippen LogP contribution is -2.39. The molecule has 0 spiro atoms. The van der Waals surface area contributed by atoms with E-state index in [1.165, 1.54) is 18.6 Å². The highest BCUT2D eigenvalue weighted by Crippen LogP contribution is 2.18. The van der Waals surface area contributed by atoms with E-state index in [0.29, 0.717) is 5.69 Å². The van der Waals surface area contributed by atoms with Gasteiger partial charge in [-0.3, -0.25) is 0 Å². The fourth-order valence-corrected chi connectivity index (χ4v) is 3.07. The predicted octanol–water partition coefficient (Wildman–Crippen LogP) is 2.54. The molecular weight excluding hydrogens is 276 g/mol. The molecule has 2 rings (SSSR count). The van der Waals surface area contributed by atoms with Gasteiger partial charge in [-0.2, -0.15) is 0 Å². The van der Waals surface area contributed by atoms with Gasteiger partial charge in [-0.1, -0.05) is 25.3 Å². The first kappa shape index (κ1) is 14.8. The number of carbonyl (C=O) groups is 1. The number of benzene rings is 1. The van der Waals surface area contributed by atoms with Gasteiger partial charge in [-0.15, -0.1) is 0 Å². The van der Waals surface area contributed by atoms with Gasteiger partial charge in [0.2, 0.25) is 0 Å². The zero-order valence-corrected chi connectivity index (χ0v) is 12.4. The Kier molecular flexibility index (Phi) is 4.65. The fourth-order valence-electron chi connectivity index (χ4n) is 2.40. The quantitative estimate of drug-likeness (QED) is 0.900. The summed E-state index contributed by atoms with van der Waals surface area (Å²) in [6.45, 7) is 0. The van der Waals surface area contributed by atoms with E-state index in [0.717, 1.165) is 31.9 Å². The van der Waals surface area contributed by atoms with Gasteiger partial charge in [-0.05, 0) is 31.0 Å². The molecule has 0 aliphatic heterocycles. The smallest absolute Gasteiger partial charge is 0.319 e. The lowest BCUT2D eigenvalue weighted by atomic mass is 9.96. The number of nitrogens with one attached hydrogen (secondary N) is 2. The zero-order valence-electron chi connectivity index (χ0n) is 11.6. The normalized spacial score (nSPS) is 16.6. The van der Waals surface area contributed by atoms with Gasteiger partial charge < -0.3 is 10.6 Å². The molecule has 1 aliphatic carbocycles. The highest BCUT2D eigenvalue weighted by atomic mass is 32.2. The van der Waals surface area contributed by atoms with Gasteiger partial charge in [0, 0.05) is 18.0 Å². The van der Waals surface area contributed by atoms with Gasteiger partial charge in [0.1, 0.15) is 0 Å². The van der Waals surface area contributed by atoms with Crippen LogP contribution in [-0.2, 0) is 9.84 Å². The van der Waals surface area contributed by atoms with Crippen LogP contribution in [0.25, 0.3) is 0 Å². The molecule has 110 valence electrons. The van der Waals surface area contributed by atoms with Gasteiger partial charge in [0.05, 0.1) is 4.90 Å². The molecule has 0 atom stereocenters. The molecule has 0 aromatic heterocycles. The second kappa shape index (κ2) is 6.26. The molecular formula is C14H20N2O3S. The maximum atomic E-state index is 11.9. The maximum absolute atomic E-state index is 11.9. The Bertz CT molecular complexity index is 578. The molecule has 1 saturated carbocycles. The molecule has 20 heavy (non-hydrogen) atoms. The Morgan fingerprint density at radius 2 is 1.90 bits per heavy atom. The minimum atomic E-state index is -3.26. The number of amides is 2. The van der Waals surface area contributed by atoms with Crippen LogP contribution in [0.3, 0.4) is 0 Å². The molecule has 0 radical (unpaired) electrons. The summed E-state index contributed by atoms with van der Waals surface area (Å²) >= 11 is 0. The van der Waals surface area contributed by atoms with Crippen LogP contribution in [0.2, 0.25) is 0 Å². The van der Waals surface area contributed by atoms with E-state index in [4.69, 9.17) is 0 Å². The molecule has 1 aromatic carbocycles. The molecule has 0 saturated heterocycles. The van der Waals surface area contributed by atoms with Crippen molar-refractivity contribution in [1.82, 2.24) is 5.32 Å². The fraction of sp³-hybridized carbons (Fsp3) is 0.500. The van der Waals surface area contributed by atoms with Crippen LogP contribution in [0.4, 0.5) is 10.5 Å². The van der Waals surface area contributed by atoms with Gasteiger partial charge in [0.25, 0.3) is 0 Å². The third-order valence-electron chi connectivity index (χ3n) is 3.46. The van der Waals surface area contributed by atoms with Crippen LogP contribution in [0.15, 0.2) is 29.2 Å². The summed E-state index contributed by atoms with van der Waals surface area (Å²) in [6, 6.07) is 6.22. The summed E-state index contributed by atoms with van der Waals surface area (Å²) in [5.41, 5.74) is 0.487. The van der Waals surface area contributed by atoms with Crippen molar-refractivity contribution in [3.8, 4) is 0 Å². The molecule has 6 heteroatoms. The van der Waals surface area contributed by atoms with Crippen molar-refractivity contribution in [2.45, 2.75) is 43.0 Å². The first-order valence-electron chi connectivity index (χ1n) is 6.83. The number of anilines is 1. The Morgan fingerprint density at radius 3 is 2.55 bits per heavy atom. The Balaban J connectivity index is 1.97. The van der Waals surface area contributed by atoms with Crippen molar-refractivity contribution >= 4 is 21.6 Å². The Morgan fingerprint density at radius 1 is 1.20 bits per heavy atom. The van der Waals surface area contributed by atoms with Crippen molar-refractivity contribution in [1.29, 1.82) is 0 Å². The number of rotatable bonds is 3. The highest BCUT2D eigenvalue weighted by molar-refractivity contribution is 7.90. The summed E-state index contributed by atoms with van der Waals surface area (Å²) in [5, 5.41) is 5.61. The van der Waals surface area contributed by atoms with Crippen LogP contribution >= 0.6 is 0 Å². The van der Waals surface area contributed by atoms with Gasteiger partial charge in [0.15, 0.2) is 9.84 Å². The second-order valence-corrected chi connectivity index (χ2v) is 7.25. The zero-order chi connectivity index (χ0) is 14.6. The van der Waals surface area contributed by atoms with E-state index in [1.54, 1.807) is 12.1 Å². The first-order chi connectivity index (χ1) is 9.45. The molecule has 1 aliphatic rings. The van der Waals surface area contributed by atoms with Crippen LogP contribution < -0.4 is 10.6 Å². The third kappa shape index (κ3) is 4.23. The molecule has 0 bridgehead atoms. The average Bonchev–Trinajstić information content (AvgIpc) is 2.39. The van der Waals surface area contributed by atoms with Gasteiger partial charge in [-0.25, -0.2) is 13.2 Å². The monoisotopic (exact) mass is 296 g/mol. The van der Waals surface area contributed by atoms with Gasteiger partial charge >= 0.3 is 6.03 Å². The number of hydrogen-bond acceptors (Lipinski definition) is 3. The first-order valence-corrected chi connectivity index (χ1v) is 8.72. The molecule has 2 amide bonds. The van der Waals surface area contributed by atoms with Crippen molar-refractivity contribution < 1.29 is 13.2 Å². The van der Waals surface area contributed by atoms with Crippen LogP contribution in [0.1, 0.15) is 32.1 Å². The van der Waals surface area contributed by atoms with Crippen LogP contribution in [-0.4, -0.2) is 26.7 Å². The molecule has 0 unspecified atom stereocenters. The minimum absolute atomic E-state index is 0.202. The summed E-state index contributed by atoms with van der Waals surface area (Å²) in [5.74, 6) is 0. The Labute approximate surface area is 119 Å². The largest absolute Gasteiger partial charge is 0.335 e. The summed E-state index contributed by atoms with van der Waals surface area (Å²) in [7, 11) is -3.26. The number of urea groups is 1. The second-order valence-electron chi connectivity index (χ2n) is 5.23. The summed E-state index contributed by atoms with van der Waals surface area (Å²) in [6.07, 6.45) is 6.70. The van der Waals surface area contributed by atoms with E-state index < -0.39 is 9.84 Å². The van der Waals surface area contributed by atoms with E-state index in [-0.39, 0.29) is 17.0 Å². The maximum Gasteiger partial charge on any atom is 0.319 e. The number of hydrogen-bond donors (Lipinski definition) is 2. The lowest BCUT2D eigenvalue weighted by molar-refractivity contribution is 0.244. The molecule has 0 heterocycles. The summed E-state index contributed by atoms with van der Waals surface area (Å²) in [4.78, 5) is 12.1. The van der Waals surface area contributed by atoms with Crippen molar-refractivity contribution in [3.63, 3.8) is 0 Å². The minimum Gasteiger partial charge on any atom is -0.335 e. The average molecular weight is 296 g/mol. The van der Waals surface area contributed by atoms with Crippen molar-refractivity contribution in [2.24, 2.45) is 0 Å². The van der Waals surface area contributed by atoms with Crippen LogP contribution in [0, 0.1) is 0 Å². The number of sulfone groups is 1. The van der Waals surface area contributed by atoms with E-state index in [9.17, 15) is 13.2 Å². The van der Waals surface area contributed by atoms with E-state index in [1.807, 2.05) is 0 Å². The SMILES string of the molecule is CS(=O)(=O)c1cccc(NC(=O)NC2CCCCC2)c1. The Hall–Kier alpha value is -1.56. The van der Waals surface area contributed by atoms with E-state index >= 15 is 0 Å². The molecule has 1 aromatic rings. The van der Waals surface area contributed by atoms with Crippen LogP contribution in [0.5, 0.6) is 0 Å². The van der Waals surface area contributed by atoms with E-state index in [2.05, 4.69) is 10.6 Å². The standard InChI is InChI=1S/C14H20N2O3S/c1-20(18,19)13-9-5-8-12(10-13)16-14(17)15-11-6-3-2-4-7-11/h5,8-11H,2-4,6-7H2,1H3,(H2,15,16,17). The highest BCUT2D eigenvalue weighted by Gasteiger charge is 2.16. The molecule has 1 fully saturated rings. The molecule has 5 nitrogen and oxygen atoms in total. The predicted molar refractivity (Wildman–Crippen MR) is 78.6 cm³/mol.